The van der Waals surface area contributed by atoms with Gasteiger partial charge < -0.3 is 24.4 Å². The van der Waals surface area contributed by atoms with Crippen molar-refractivity contribution in [2.75, 3.05) is 41.8 Å². The van der Waals surface area contributed by atoms with Gasteiger partial charge in [0.2, 0.25) is 0 Å². The van der Waals surface area contributed by atoms with Crippen molar-refractivity contribution in [2.45, 2.75) is 12.6 Å². The number of aryl methyl sites for hydroxylation is 1. The van der Waals surface area contributed by atoms with Gasteiger partial charge in [0.25, 0.3) is 0 Å². The van der Waals surface area contributed by atoms with Crippen LogP contribution < -0.4 is 10.1 Å². The summed E-state index contributed by atoms with van der Waals surface area (Å²) in [6, 6.07) is 12.6. The highest BCUT2D eigenvalue weighted by molar-refractivity contribution is 5.79. The van der Waals surface area contributed by atoms with Crippen LogP contribution in [0.3, 0.4) is 0 Å². The predicted molar refractivity (Wildman–Crippen MR) is 108 cm³/mol. The van der Waals surface area contributed by atoms with Crippen LogP contribution in [0.2, 0.25) is 0 Å². The van der Waals surface area contributed by atoms with E-state index in [9.17, 15) is 0 Å². The van der Waals surface area contributed by atoms with Gasteiger partial charge in [0, 0.05) is 39.6 Å². The number of hydrogen-bond acceptors (Lipinski definition) is 3. The van der Waals surface area contributed by atoms with E-state index in [0.29, 0.717) is 0 Å². The smallest absolute Gasteiger partial charge is 0.193 e. The lowest BCUT2D eigenvalue weighted by molar-refractivity contribution is 0.294. The van der Waals surface area contributed by atoms with Gasteiger partial charge in [-0.3, -0.25) is 4.99 Å². The second-order valence-electron chi connectivity index (χ2n) is 6.65. The Morgan fingerprint density at radius 3 is 2.58 bits per heavy atom. The summed E-state index contributed by atoms with van der Waals surface area (Å²) in [5.74, 6) is 1.75. The quantitative estimate of drug-likeness (QED) is 0.610. The largest absolute Gasteiger partial charge is 0.497 e. The Balaban J connectivity index is 2.05. The summed E-state index contributed by atoms with van der Waals surface area (Å²) in [4.78, 5) is 8.77. The molecule has 26 heavy (non-hydrogen) atoms. The van der Waals surface area contributed by atoms with Crippen LogP contribution in [0.1, 0.15) is 17.3 Å². The average molecular weight is 358 g/mol. The first-order chi connectivity index (χ1) is 12.5. The van der Waals surface area contributed by atoms with Crippen LogP contribution in [0.5, 0.6) is 5.75 Å². The van der Waals surface area contributed by atoms with Crippen molar-refractivity contribution in [3.05, 3.63) is 53.9 Å². The lowest BCUT2D eigenvalue weighted by Crippen LogP contribution is -2.42. The highest BCUT2D eigenvalue weighted by atomic mass is 16.5. The number of aromatic nitrogens is 1. The predicted octanol–water partition coefficient (Wildman–Crippen LogP) is 2.34. The molecule has 0 amide bonds. The molecule has 0 saturated carbocycles. The normalized spacial score (nSPS) is 13.0. The van der Waals surface area contributed by atoms with Crippen molar-refractivity contribution in [1.82, 2.24) is 19.7 Å². The van der Waals surface area contributed by atoms with Crippen molar-refractivity contribution in [3.63, 3.8) is 0 Å². The van der Waals surface area contributed by atoms with E-state index in [-0.39, 0.29) is 6.04 Å². The highest BCUT2D eigenvalue weighted by Crippen LogP contribution is 2.22. The second-order valence-corrected chi connectivity index (χ2v) is 6.65. The zero-order chi connectivity index (χ0) is 19.1. The molecule has 0 fully saturated rings. The van der Waals surface area contributed by atoms with E-state index in [1.807, 2.05) is 19.2 Å². The number of likely N-dealkylation sites (N-methyl/N-ethyl adjacent to an activating group) is 1. The van der Waals surface area contributed by atoms with Crippen LogP contribution in [-0.2, 0) is 13.6 Å². The molecule has 0 aliphatic heterocycles. The monoisotopic (exact) mass is 357 g/mol. The molecule has 0 saturated heterocycles. The molecular weight excluding hydrogens is 326 g/mol. The Labute approximate surface area is 157 Å². The molecule has 1 unspecified atom stereocenters. The van der Waals surface area contributed by atoms with Crippen molar-refractivity contribution < 1.29 is 4.74 Å². The number of guanidine groups is 1. The number of rotatable bonds is 7. The van der Waals surface area contributed by atoms with Gasteiger partial charge in [-0.2, -0.15) is 0 Å². The fourth-order valence-corrected chi connectivity index (χ4v) is 3.00. The maximum atomic E-state index is 5.37. The highest BCUT2D eigenvalue weighted by Gasteiger charge is 2.17. The summed E-state index contributed by atoms with van der Waals surface area (Å²) < 4.78 is 7.49. The zero-order valence-corrected chi connectivity index (χ0v) is 16.7. The summed E-state index contributed by atoms with van der Waals surface area (Å²) in [5, 5.41) is 3.50. The first-order valence-electron chi connectivity index (χ1n) is 8.78. The Kier molecular flexibility index (Phi) is 7.09. The average Bonchev–Trinajstić information content (AvgIpc) is 3.03. The lowest BCUT2D eigenvalue weighted by Gasteiger charge is -2.28. The number of nitrogens with one attached hydrogen (secondary N) is 1. The first-order valence-corrected chi connectivity index (χ1v) is 8.78. The molecule has 0 radical (unpaired) electrons. The molecule has 2 aromatic rings. The van der Waals surface area contributed by atoms with Crippen LogP contribution in [0.4, 0.5) is 0 Å². The van der Waals surface area contributed by atoms with E-state index >= 15 is 0 Å². The van der Waals surface area contributed by atoms with Crippen LogP contribution in [-0.4, -0.2) is 62.2 Å². The molecule has 0 aliphatic carbocycles. The lowest BCUT2D eigenvalue weighted by atomic mass is 10.1. The molecule has 0 bridgehead atoms. The fourth-order valence-electron chi connectivity index (χ4n) is 3.00. The molecule has 1 aromatic heterocycles. The number of nitrogens with zero attached hydrogens (tertiary/aromatic N) is 4. The van der Waals surface area contributed by atoms with E-state index in [1.54, 1.807) is 7.11 Å². The third kappa shape index (κ3) is 5.02. The maximum Gasteiger partial charge on any atom is 0.193 e. The van der Waals surface area contributed by atoms with Gasteiger partial charge in [-0.1, -0.05) is 12.1 Å². The molecule has 0 spiro atoms. The van der Waals surface area contributed by atoms with Gasteiger partial charge in [0.15, 0.2) is 5.96 Å². The number of aliphatic imine (C=N–C) groups is 1. The molecule has 0 aliphatic rings. The molecular formula is C20H31N5O. The molecule has 2 rings (SSSR count). The van der Waals surface area contributed by atoms with Crippen molar-refractivity contribution in [1.29, 1.82) is 0 Å². The van der Waals surface area contributed by atoms with E-state index in [2.05, 4.69) is 83.3 Å². The minimum atomic E-state index is 0.213. The number of benzene rings is 1. The molecule has 6 nitrogen and oxygen atoms in total. The summed E-state index contributed by atoms with van der Waals surface area (Å²) in [6.45, 7) is 1.55. The van der Waals surface area contributed by atoms with Gasteiger partial charge >= 0.3 is 0 Å². The molecule has 1 N–H and O–H groups in total. The van der Waals surface area contributed by atoms with Gasteiger partial charge in [-0.25, -0.2) is 0 Å². The standard InChI is InChI=1S/C20H31N5O/c1-21-20(25(5)15-17-10-8-12-24(17)4)22-14-19(23(2)3)16-9-7-11-18(13-16)26-6/h7-13,19H,14-15H2,1-6H3,(H,21,22). The van der Waals surface area contributed by atoms with Crippen LogP contribution >= 0.6 is 0 Å². The Bertz CT molecular complexity index is 722. The minimum absolute atomic E-state index is 0.213. The van der Waals surface area contributed by atoms with Gasteiger partial charge in [0.05, 0.1) is 19.7 Å². The molecule has 1 atom stereocenters. The SMILES string of the molecule is CN=C(NCC(c1cccc(OC)c1)N(C)C)N(C)Cc1cccn1C. The Morgan fingerprint density at radius 1 is 1.23 bits per heavy atom. The van der Waals surface area contributed by atoms with Crippen molar-refractivity contribution in [2.24, 2.45) is 12.0 Å². The molecule has 6 heteroatoms. The number of methoxy groups -OCH3 is 1. The molecule has 1 heterocycles. The summed E-state index contributed by atoms with van der Waals surface area (Å²) in [5.41, 5.74) is 2.45. The molecule has 1 aromatic carbocycles. The fraction of sp³-hybridized carbons (Fsp3) is 0.450. The minimum Gasteiger partial charge on any atom is -0.497 e. The second kappa shape index (κ2) is 9.29. The van der Waals surface area contributed by atoms with Gasteiger partial charge in [-0.05, 0) is 43.9 Å². The molecule has 142 valence electrons. The van der Waals surface area contributed by atoms with Crippen LogP contribution in [0.15, 0.2) is 47.6 Å². The third-order valence-electron chi connectivity index (χ3n) is 4.58. The van der Waals surface area contributed by atoms with Crippen LogP contribution in [0.25, 0.3) is 0 Å². The zero-order valence-electron chi connectivity index (χ0n) is 16.7. The summed E-state index contributed by atoms with van der Waals surface area (Å²) in [7, 11) is 11.8. The number of ether oxygens (including phenoxy) is 1. The number of hydrogen-bond donors (Lipinski definition) is 1. The van der Waals surface area contributed by atoms with Gasteiger partial charge in [0.1, 0.15) is 5.75 Å². The summed E-state index contributed by atoms with van der Waals surface area (Å²) >= 11 is 0. The van der Waals surface area contributed by atoms with Crippen molar-refractivity contribution in [3.8, 4) is 5.75 Å². The first kappa shape index (κ1) is 19.8. The van der Waals surface area contributed by atoms with Gasteiger partial charge in [-0.15, -0.1) is 0 Å². The van der Waals surface area contributed by atoms with E-state index in [1.165, 1.54) is 11.3 Å². The Hall–Kier alpha value is -2.47. The summed E-state index contributed by atoms with van der Waals surface area (Å²) in [6.07, 6.45) is 2.06. The third-order valence-corrected chi connectivity index (χ3v) is 4.58. The topological polar surface area (TPSA) is 45.0 Å². The Morgan fingerprint density at radius 2 is 2.00 bits per heavy atom. The van der Waals surface area contributed by atoms with E-state index in [4.69, 9.17) is 4.74 Å². The van der Waals surface area contributed by atoms with E-state index < -0.39 is 0 Å². The maximum absolute atomic E-state index is 5.37. The van der Waals surface area contributed by atoms with E-state index in [0.717, 1.165) is 24.8 Å². The van der Waals surface area contributed by atoms with Crippen molar-refractivity contribution >= 4 is 5.96 Å². The van der Waals surface area contributed by atoms with Crippen LogP contribution in [0, 0.1) is 0 Å².